The lowest BCUT2D eigenvalue weighted by atomic mass is 10.2. The van der Waals surface area contributed by atoms with Gasteiger partial charge in [0.2, 0.25) is 15.9 Å². The summed E-state index contributed by atoms with van der Waals surface area (Å²) in [4.78, 5) is 16.5. The van der Waals surface area contributed by atoms with Crippen molar-refractivity contribution in [2.45, 2.75) is 25.3 Å². The number of oxazole rings is 1. The van der Waals surface area contributed by atoms with Gasteiger partial charge in [0.25, 0.3) is 0 Å². The molecule has 8 nitrogen and oxygen atoms in total. The minimum atomic E-state index is -3.75. The number of nitrogens with zero attached hydrogens (tertiary/aromatic N) is 2. The lowest BCUT2D eigenvalue weighted by Crippen LogP contribution is -2.40. The van der Waals surface area contributed by atoms with E-state index in [0.717, 1.165) is 5.69 Å². The highest BCUT2D eigenvalue weighted by Crippen LogP contribution is 2.27. The molecular weight excluding hydrogens is 440 g/mol. The Morgan fingerprint density at radius 2 is 2.00 bits per heavy atom. The van der Waals surface area contributed by atoms with Crippen LogP contribution < -0.4 is 0 Å². The second-order valence-electron chi connectivity index (χ2n) is 5.99. The smallest absolute Gasteiger partial charge is 0.338 e. The molecule has 146 valence electrons. The number of rotatable bonds is 5. The van der Waals surface area contributed by atoms with Gasteiger partial charge in [0.05, 0.1) is 29.4 Å². The van der Waals surface area contributed by atoms with E-state index in [9.17, 15) is 13.2 Å². The van der Waals surface area contributed by atoms with Crippen molar-refractivity contribution in [2.75, 3.05) is 26.3 Å². The van der Waals surface area contributed by atoms with Crippen molar-refractivity contribution in [3.63, 3.8) is 0 Å². The average Bonchev–Trinajstić information content (AvgIpc) is 2.98. The summed E-state index contributed by atoms with van der Waals surface area (Å²) < 4.78 is 43.2. The Morgan fingerprint density at radius 3 is 2.63 bits per heavy atom. The van der Waals surface area contributed by atoms with Gasteiger partial charge in [-0.05, 0) is 48.0 Å². The molecule has 10 heteroatoms. The van der Waals surface area contributed by atoms with Crippen molar-refractivity contribution in [3.8, 4) is 0 Å². The number of carbonyl (C=O) groups is 1. The molecule has 0 saturated carbocycles. The summed E-state index contributed by atoms with van der Waals surface area (Å²) in [5.41, 5.74) is 0.855. The predicted molar refractivity (Wildman–Crippen MR) is 98.8 cm³/mol. The average molecular weight is 459 g/mol. The van der Waals surface area contributed by atoms with Gasteiger partial charge in [-0.15, -0.1) is 0 Å². The summed E-state index contributed by atoms with van der Waals surface area (Å²) in [7, 11) is -3.75. The molecule has 0 aliphatic carbocycles. The van der Waals surface area contributed by atoms with Crippen LogP contribution in [0.2, 0.25) is 0 Å². The first-order valence-electron chi connectivity index (χ1n) is 8.26. The molecule has 1 fully saturated rings. The molecular formula is C17H19BrN2O6S. The van der Waals surface area contributed by atoms with Gasteiger partial charge in [-0.2, -0.15) is 4.31 Å². The molecule has 0 N–H and O–H groups in total. The summed E-state index contributed by atoms with van der Waals surface area (Å²) in [6.07, 6.45) is 0. The summed E-state index contributed by atoms with van der Waals surface area (Å²) >= 11 is 3.25. The first-order valence-corrected chi connectivity index (χ1v) is 10.5. The van der Waals surface area contributed by atoms with E-state index in [1.54, 1.807) is 13.8 Å². The zero-order chi connectivity index (χ0) is 19.6. The molecule has 0 atom stereocenters. The van der Waals surface area contributed by atoms with Gasteiger partial charge in [0.15, 0.2) is 6.61 Å². The molecule has 1 aromatic carbocycles. The summed E-state index contributed by atoms with van der Waals surface area (Å²) in [5, 5.41) is 0. The van der Waals surface area contributed by atoms with Crippen LogP contribution in [0.3, 0.4) is 0 Å². The van der Waals surface area contributed by atoms with E-state index in [-0.39, 0.29) is 36.0 Å². The number of ether oxygens (including phenoxy) is 2. The normalized spacial score (nSPS) is 15.7. The highest BCUT2D eigenvalue weighted by atomic mass is 79.9. The third-order valence-corrected chi connectivity index (χ3v) is 7.05. The number of aryl methyl sites for hydroxylation is 2. The number of aromatic nitrogens is 1. The first-order chi connectivity index (χ1) is 12.8. The van der Waals surface area contributed by atoms with Crippen LogP contribution in [-0.4, -0.2) is 50.0 Å². The van der Waals surface area contributed by atoms with Crippen LogP contribution in [-0.2, 0) is 26.1 Å². The summed E-state index contributed by atoms with van der Waals surface area (Å²) in [6.45, 7) is 4.65. The second-order valence-corrected chi connectivity index (χ2v) is 8.75. The standard InChI is InChI=1S/C17H19BrN2O6S/c1-11-12(2)26-16(19-11)10-25-17(21)13-3-4-14(18)15(9-13)27(22,23)20-5-7-24-8-6-20/h3-4,9H,5-8,10H2,1-2H3. The van der Waals surface area contributed by atoms with Gasteiger partial charge in [0.1, 0.15) is 5.76 Å². The van der Waals surface area contributed by atoms with Crippen molar-refractivity contribution in [3.05, 3.63) is 45.6 Å². The quantitative estimate of drug-likeness (QED) is 0.634. The van der Waals surface area contributed by atoms with Crippen LogP contribution in [0.4, 0.5) is 0 Å². The van der Waals surface area contributed by atoms with E-state index >= 15 is 0 Å². The van der Waals surface area contributed by atoms with Crippen molar-refractivity contribution in [1.82, 2.24) is 9.29 Å². The van der Waals surface area contributed by atoms with Crippen molar-refractivity contribution >= 4 is 31.9 Å². The van der Waals surface area contributed by atoms with Crippen molar-refractivity contribution in [2.24, 2.45) is 0 Å². The molecule has 1 aliphatic rings. The minimum absolute atomic E-state index is 0.0154. The SMILES string of the molecule is Cc1nc(COC(=O)c2ccc(Br)c(S(=O)(=O)N3CCOCC3)c2)oc1C. The number of benzene rings is 1. The number of halogens is 1. The van der Waals surface area contributed by atoms with Gasteiger partial charge in [-0.25, -0.2) is 18.2 Å². The molecule has 2 aromatic rings. The number of sulfonamides is 1. The largest absolute Gasteiger partial charge is 0.452 e. The molecule has 1 aliphatic heterocycles. The Morgan fingerprint density at radius 1 is 1.30 bits per heavy atom. The second kappa shape index (κ2) is 8.09. The Balaban J connectivity index is 1.78. The van der Waals surface area contributed by atoms with Crippen LogP contribution in [0.1, 0.15) is 27.7 Å². The van der Waals surface area contributed by atoms with Gasteiger partial charge >= 0.3 is 5.97 Å². The molecule has 0 bridgehead atoms. The Bertz CT molecular complexity index is 931. The van der Waals surface area contributed by atoms with Crippen molar-refractivity contribution < 1.29 is 27.1 Å². The maximum absolute atomic E-state index is 12.9. The van der Waals surface area contributed by atoms with Crippen LogP contribution >= 0.6 is 15.9 Å². The molecule has 3 rings (SSSR count). The first kappa shape index (κ1) is 20.0. The third-order valence-electron chi connectivity index (χ3n) is 4.15. The molecule has 0 amide bonds. The molecule has 0 spiro atoms. The predicted octanol–water partition coefficient (Wildman–Crippen LogP) is 2.43. The van der Waals surface area contributed by atoms with Gasteiger partial charge in [-0.1, -0.05) is 0 Å². The van der Waals surface area contributed by atoms with Gasteiger partial charge in [0, 0.05) is 17.6 Å². The maximum atomic E-state index is 12.9. The lowest BCUT2D eigenvalue weighted by molar-refractivity contribution is 0.0436. The molecule has 2 heterocycles. The monoisotopic (exact) mass is 458 g/mol. The number of hydrogen-bond donors (Lipinski definition) is 0. The fourth-order valence-corrected chi connectivity index (χ4v) is 4.92. The molecule has 1 saturated heterocycles. The topological polar surface area (TPSA) is 98.9 Å². The Hall–Kier alpha value is -1.75. The van der Waals surface area contributed by atoms with Gasteiger partial charge in [-0.3, -0.25) is 0 Å². The van der Waals surface area contributed by atoms with E-state index in [1.165, 1.54) is 22.5 Å². The maximum Gasteiger partial charge on any atom is 0.338 e. The fourth-order valence-electron chi connectivity index (χ4n) is 2.57. The zero-order valence-corrected chi connectivity index (χ0v) is 17.3. The van der Waals surface area contributed by atoms with Crippen LogP contribution in [0, 0.1) is 13.8 Å². The van der Waals surface area contributed by atoms with E-state index < -0.39 is 16.0 Å². The minimum Gasteiger partial charge on any atom is -0.452 e. The Kier molecular flexibility index (Phi) is 5.99. The molecule has 1 aromatic heterocycles. The molecule has 27 heavy (non-hydrogen) atoms. The lowest BCUT2D eigenvalue weighted by Gasteiger charge is -2.26. The van der Waals surface area contributed by atoms with Crippen molar-refractivity contribution in [1.29, 1.82) is 0 Å². The van der Waals surface area contributed by atoms with E-state index in [2.05, 4.69) is 20.9 Å². The van der Waals surface area contributed by atoms with Crippen LogP contribution in [0.5, 0.6) is 0 Å². The highest BCUT2D eigenvalue weighted by Gasteiger charge is 2.29. The third kappa shape index (κ3) is 4.40. The van der Waals surface area contributed by atoms with Crippen LogP contribution in [0.15, 0.2) is 32.0 Å². The number of esters is 1. The van der Waals surface area contributed by atoms with Crippen LogP contribution in [0.25, 0.3) is 0 Å². The summed E-state index contributed by atoms with van der Waals surface area (Å²) in [5.74, 6) is 0.287. The number of hydrogen-bond acceptors (Lipinski definition) is 7. The van der Waals surface area contributed by atoms with E-state index in [0.29, 0.717) is 23.4 Å². The fraction of sp³-hybridized carbons (Fsp3) is 0.412. The van der Waals surface area contributed by atoms with Gasteiger partial charge < -0.3 is 13.9 Å². The highest BCUT2D eigenvalue weighted by molar-refractivity contribution is 9.10. The number of carbonyl (C=O) groups excluding carboxylic acids is 1. The Labute approximate surface area is 165 Å². The van der Waals surface area contributed by atoms with E-state index in [4.69, 9.17) is 13.9 Å². The number of morpholine rings is 1. The molecule has 0 radical (unpaired) electrons. The summed E-state index contributed by atoms with van der Waals surface area (Å²) in [6, 6.07) is 4.32. The van der Waals surface area contributed by atoms with E-state index in [1.807, 2.05) is 0 Å². The molecule has 0 unspecified atom stereocenters. The zero-order valence-electron chi connectivity index (χ0n) is 14.9.